The normalized spacial score (nSPS) is 31.4. The van der Waals surface area contributed by atoms with Crippen molar-refractivity contribution in [3.63, 3.8) is 0 Å². The lowest BCUT2D eigenvalue weighted by Gasteiger charge is -2.31. The highest BCUT2D eigenvalue weighted by Crippen LogP contribution is 2.44. The zero-order valence-electron chi connectivity index (χ0n) is 12.2. The lowest BCUT2D eigenvalue weighted by molar-refractivity contribution is -0.139. The van der Waals surface area contributed by atoms with Crippen LogP contribution in [0.2, 0.25) is 0 Å². The second kappa shape index (κ2) is 5.60. The molecule has 2 aliphatic rings. The molecule has 104 valence electrons. The summed E-state index contributed by atoms with van der Waals surface area (Å²) < 4.78 is 5.48. The van der Waals surface area contributed by atoms with Gasteiger partial charge in [-0.05, 0) is 44.4 Å². The third-order valence-electron chi connectivity index (χ3n) is 4.49. The molecular weight excluding hydrogens is 226 g/mol. The first-order chi connectivity index (χ1) is 8.50. The molecule has 2 rings (SSSR count). The fourth-order valence-electron chi connectivity index (χ4n) is 3.79. The van der Waals surface area contributed by atoms with E-state index >= 15 is 0 Å². The Balaban J connectivity index is 2.00. The zero-order chi connectivity index (χ0) is 13.3. The van der Waals surface area contributed by atoms with Crippen molar-refractivity contribution in [2.75, 3.05) is 13.2 Å². The molecule has 1 aliphatic heterocycles. The van der Waals surface area contributed by atoms with E-state index in [9.17, 15) is 4.79 Å². The fourth-order valence-corrected chi connectivity index (χ4v) is 3.79. The van der Waals surface area contributed by atoms with Gasteiger partial charge in [-0.3, -0.25) is 4.79 Å². The highest BCUT2D eigenvalue weighted by molar-refractivity contribution is 5.78. The minimum absolute atomic E-state index is 0.133. The Kier molecular flexibility index (Phi) is 4.31. The Morgan fingerprint density at radius 3 is 2.61 bits per heavy atom. The van der Waals surface area contributed by atoms with Crippen LogP contribution in [0.1, 0.15) is 47.0 Å². The molecule has 0 aromatic rings. The number of fused-ring (bicyclic) bond motifs is 1. The number of carbonyl (C=O) groups excluding carboxylic acids is 1. The van der Waals surface area contributed by atoms with Crippen LogP contribution in [0.5, 0.6) is 0 Å². The third kappa shape index (κ3) is 2.71. The number of rotatable bonds is 4. The van der Waals surface area contributed by atoms with Crippen molar-refractivity contribution in [2.45, 2.75) is 59.1 Å². The molecule has 0 radical (unpaired) electrons. The van der Waals surface area contributed by atoms with Crippen molar-refractivity contribution in [3.8, 4) is 0 Å². The number of hydrogen-bond donors (Lipinski definition) is 0. The van der Waals surface area contributed by atoms with Gasteiger partial charge in [-0.25, -0.2) is 0 Å². The molecule has 1 saturated heterocycles. The van der Waals surface area contributed by atoms with Crippen LogP contribution in [0.15, 0.2) is 0 Å². The van der Waals surface area contributed by atoms with Crippen LogP contribution in [-0.4, -0.2) is 36.1 Å². The van der Waals surface area contributed by atoms with Crippen LogP contribution >= 0.6 is 0 Å². The number of ether oxygens (including phenoxy) is 1. The summed E-state index contributed by atoms with van der Waals surface area (Å²) >= 11 is 0. The summed E-state index contributed by atoms with van der Waals surface area (Å²) in [6, 6.07) is 0.445. The highest BCUT2D eigenvalue weighted by Gasteiger charge is 2.46. The average molecular weight is 253 g/mol. The van der Waals surface area contributed by atoms with Gasteiger partial charge in [0.15, 0.2) is 0 Å². The highest BCUT2D eigenvalue weighted by atomic mass is 16.5. The molecule has 0 N–H and O–H groups in total. The lowest BCUT2D eigenvalue weighted by Crippen LogP contribution is -2.43. The van der Waals surface area contributed by atoms with E-state index in [2.05, 4.69) is 18.7 Å². The molecule has 0 bridgehead atoms. The van der Waals surface area contributed by atoms with Crippen molar-refractivity contribution < 1.29 is 9.53 Å². The van der Waals surface area contributed by atoms with Gasteiger partial charge in [-0.15, -0.1) is 0 Å². The maximum atomic E-state index is 12.3. The topological polar surface area (TPSA) is 29.5 Å². The van der Waals surface area contributed by atoms with E-state index in [4.69, 9.17) is 4.74 Å². The number of nitrogens with zero attached hydrogens (tertiary/aromatic N) is 1. The van der Waals surface area contributed by atoms with Crippen LogP contribution in [-0.2, 0) is 9.53 Å². The smallest absolute Gasteiger partial charge is 0.248 e. The molecule has 2 fully saturated rings. The maximum Gasteiger partial charge on any atom is 0.248 e. The Morgan fingerprint density at radius 1 is 1.28 bits per heavy atom. The molecule has 3 unspecified atom stereocenters. The van der Waals surface area contributed by atoms with E-state index < -0.39 is 0 Å². The van der Waals surface area contributed by atoms with E-state index in [-0.39, 0.29) is 18.6 Å². The molecule has 0 aromatic heterocycles. The number of likely N-dealkylation sites (tertiary alicyclic amines) is 1. The van der Waals surface area contributed by atoms with E-state index in [0.717, 1.165) is 18.4 Å². The van der Waals surface area contributed by atoms with Crippen molar-refractivity contribution in [1.29, 1.82) is 0 Å². The second-order valence-electron chi connectivity index (χ2n) is 6.50. The molecule has 3 heteroatoms. The summed E-state index contributed by atoms with van der Waals surface area (Å²) in [5, 5.41) is 0. The monoisotopic (exact) mass is 253 g/mol. The summed E-state index contributed by atoms with van der Waals surface area (Å²) in [5.41, 5.74) is 0. The number of carbonyl (C=O) groups is 1. The number of amides is 1. The minimum atomic E-state index is 0.133. The van der Waals surface area contributed by atoms with Gasteiger partial charge >= 0.3 is 0 Å². The van der Waals surface area contributed by atoms with Gasteiger partial charge in [0.05, 0.1) is 6.10 Å². The Morgan fingerprint density at radius 2 is 2.00 bits per heavy atom. The third-order valence-corrected chi connectivity index (χ3v) is 4.49. The second-order valence-corrected chi connectivity index (χ2v) is 6.50. The quantitative estimate of drug-likeness (QED) is 0.771. The first-order valence-corrected chi connectivity index (χ1v) is 7.41. The first-order valence-electron chi connectivity index (χ1n) is 7.41. The predicted molar refractivity (Wildman–Crippen MR) is 72.3 cm³/mol. The van der Waals surface area contributed by atoms with Crippen LogP contribution < -0.4 is 0 Å². The van der Waals surface area contributed by atoms with E-state index in [1.165, 1.54) is 19.3 Å². The average Bonchev–Trinajstić information content (AvgIpc) is 2.83. The maximum absolute atomic E-state index is 12.3. The molecule has 3 atom stereocenters. The number of hydrogen-bond acceptors (Lipinski definition) is 2. The first kappa shape index (κ1) is 13.9. The van der Waals surface area contributed by atoms with E-state index in [1.54, 1.807) is 0 Å². The Bertz CT molecular complexity index is 301. The molecule has 0 spiro atoms. The standard InChI is InChI=1S/C15H27NO2/c1-10(2)15-13-7-5-6-12(13)8-16(15)14(17)9-18-11(3)4/h10-13,15H,5-9H2,1-4H3. The summed E-state index contributed by atoms with van der Waals surface area (Å²) in [7, 11) is 0. The molecule has 1 saturated carbocycles. The van der Waals surface area contributed by atoms with Crippen molar-refractivity contribution in [2.24, 2.45) is 17.8 Å². The van der Waals surface area contributed by atoms with Crippen LogP contribution in [0.25, 0.3) is 0 Å². The molecule has 1 amide bonds. The van der Waals surface area contributed by atoms with Gasteiger partial charge in [0.25, 0.3) is 0 Å². The van der Waals surface area contributed by atoms with Gasteiger partial charge in [0.1, 0.15) is 6.61 Å². The molecule has 1 heterocycles. The largest absolute Gasteiger partial charge is 0.369 e. The van der Waals surface area contributed by atoms with Gasteiger partial charge < -0.3 is 9.64 Å². The van der Waals surface area contributed by atoms with Crippen LogP contribution in [0, 0.1) is 17.8 Å². The molecule has 1 aliphatic carbocycles. The van der Waals surface area contributed by atoms with Crippen LogP contribution in [0.3, 0.4) is 0 Å². The summed E-state index contributed by atoms with van der Waals surface area (Å²) in [5.74, 6) is 2.24. The molecular formula is C15H27NO2. The van der Waals surface area contributed by atoms with Crippen molar-refractivity contribution in [1.82, 2.24) is 4.90 Å². The van der Waals surface area contributed by atoms with Gasteiger partial charge in [0.2, 0.25) is 5.91 Å². The predicted octanol–water partition coefficient (Wildman–Crippen LogP) is 2.69. The fraction of sp³-hybridized carbons (Fsp3) is 0.933. The Hall–Kier alpha value is -0.570. The lowest BCUT2D eigenvalue weighted by atomic mass is 9.87. The van der Waals surface area contributed by atoms with E-state index in [1.807, 2.05) is 13.8 Å². The molecule has 0 aromatic carbocycles. The summed E-state index contributed by atoms with van der Waals surface area (Å²) in [6.07, 6.45) is 4.10. The van der Waals surface area contributed by atoms with Gasteiger partial charge in [0, 0.05) is 12.6 Å². The zero-order valence-corrected chi connectivity index (χ0v) is 12.2. The Labute approximate surface area is 111 Å². The minimum Gasteiger partial charge on any atom is -0.369 e. The SMILES string of the molecule is CC(C)OCC(=O)N1CC2CCCC2C1C(C)C. The van der Waals surface area contributed by atoms with Crippen LogP contribution in [0.4, 0.5) is 0 Å². The van der Waals surface area contributed by atoms with Gasteiger partial charge in [-0.1, -0.05) is 20.3 Å². The van der Waals surface area contributed by atoms with E-state index in [0.29, 0.717) is 12.0 Å². The van der Waals surface area contributed by atoms with Gasteiger partial charge in [-0.2, -0.15) is 0 Å². The summed E-state index contributed by atoms with van der Waals surface area (Å²) in [4.78, 5) is 14.4. The van der Waals surface area contributed by atoms with Crippen molar-refractivity contribution >= 4 is 5.91 Å². The molecule has 18 heavy (non-hydrogen) atoms. The summed E-state index contributed by atoms with van der Waals surface area (Å²) in [6.45, 7) is 9.66. The molecule has 3 nitrogen and oxygen atoms in total. The van der Waals surface area contributed by atoms with Crippen molar-refractivity contribution in [3.05, 3.63) is 0 Å².